The molecule has 4 nitrogen and oxygen atoms in total. The Morgan fingerprint density at radius 1 is 1.53 bits per heavy atom. The molecule has 1 aliphatic heterocycles. The van der Waals surface area contributed by atoms with Gasteiger partial charge in [0.1, 0.15) is 0 Å². The first kappa shape index (κ1) is 14.9. The number of hydrogen-bond acceptors (Lipinski definition) is 4. The zero-order valence-electron chi connectivity index (χ0n) is 11.4. The molecule has 102 valence electrons. The third-order valence-corrected chi connectivity index (χ3v) is 3.72. The number of hydrogen-bond donors (Lipinski definition) is 1. The van der Waals surface area contributed by atoms with E-state index in [-0.39, 0.29) is 12.0 Å². The summed E-state index contributed by atoms with van der Waals surface area (Å²) >= 11 is 0. The molecule has 2 atom stereocenters. The summed E-state index contributed by atoms with van der Waals surface area (Å²) < 4.78 is 10.8. The smallest absolute Gasteiger partial charge is 0.0615 e. The van der Waals surface area contributed by atoms with Crippen molar-refractivity contribution in [1.82, 2.24) is 4.90 Å². The Bertz CT molecular complexity index is 205. The second-order valence-corrected chi connectivity index (χ2v) is 5.18. The highest BCUT2D eigenvalue weighted by atomic mass is 16.5. The first-order valence-corrected chi connectivity index (χ1v) is 6.59. The van der Waals surface area contributed by atoms with E-state index in [9.17, 15) is 5.11 Å². The Balaban J connectivity index is 2.57. The lowest BCUT2D eigenvalue weighted by Crippen LogP contribution is -2.49. The number of aliphatic hydroxyl groups is 1. The van der Waals surface area contributed by atoms with E-state index in [1.807, 2.05) is 0 Å². The second kappa shape index (κ2) is 7.31. The highest BCUT2D eigenvalue weighted by Crippen LogP contribution is 2.29. The highest BCUT2D eigenvalue weighted by molar-refractivity contribution is 4.85. The monoisotopic (exact) mass is 245 g/mol. The fourth-order valence-electron chi connectivity index (χ4n) is 2.57. The van der Waals surface area contributed by atoms with Crippen LogP contribution in [0, 0.1) is 5.41 Å². The minimum atomic E-state index is -0.0732. The van der Waals surface area contributed by atoms with Gasteiger partial charge in [-0.15, -0.1) is 0 Å². The SMILES string of the molecule is CCN(CC1(CO)CCCOC1)C(C)COC. The fraction of sp³-hybridized carbons (Fsp3) is 1.00. The van der Waals surface area contributed by atoms with Crippen LogP contribution < -0.4 is 0 Å². The summed E-state index contributed by atoms with van der Waals surface area (Å²) in [6.07, 6.45) is 2.11. The van der Waals surface area contributed by atoms with Crippen LogP contribution in [0.3, 0.4) is 0 Å². The number of rotatable bonds is 7. The molecule has 1 rings (SSSR count). The van der Waals surface area contributed by atoms with Crippen LogP contribution in [0.5, 0.6) is 0 Å². The van der Waals surface area contributed by atoms with Gasteiger partial charge in [-0.2, -0.15) is 0 Å². The minimum Gasteiger partial charge on any atom is -0.396 e. The van der Waals surface area contributed by atoms with E-state index in [1.165, 1.54) is 0 Å². The summed E-state index contributed by atoms with van der Waals surface area (Å²) in [5, 5.41) is 9.66. The van der Waals surface area contributed by atoms with E-state index in [2.05, 4.69) is 18.7 Å². The van der Waals surface area contributed by atoms with Gasteiger partial charge in [-0.3, -0.25) is 4.90 Å². The molecular formula is C13H27NO3. The molecule has 1 saturated heterocycles. The van der Waals surface area contributed by atoms with Crippen LogP contribution in [0.25, 0.3) is 0 Å². The maximum Gasteiger partial charge on any atom is 0.0615 e. The number of likely N-dealkylation sites (N-methyl/N-ethyl adjacent to an activating group) is 1. The van der Waals surface area contributed by atoms with Gasteiger partial charge < -0.3 is 14.6 Å². The van der Waals surface area contributed by atoms with E-state index in [0.717, 1.165) is 39.1 Å². The quantitative estimate of drug-likeness (QED) is 0.730. The minimum absolute atomic E-state index is 0.0732. The zero-order valence-corrected chi connectivity index (χ0v) is 11.4. The lowest BCUT2D eigenvalue weighted by molar-refractivity contribution is -0.0630. The van der Waals surface area contributed by atoms with Gasteiger partial charge in [-0.25, -0.2) is 0 Å². The molecule has 1 N–H and O–H groups in total. The van der Waals surface area contributed by atoms with Crippen LogP contribution >= 0.6 is 0 Å². The average Bonchev–Trinajstić information content (AvgIpc) is 2.37. The molecule has 0 radical (unpaired) electrons. The molecule has 1 fully saturated rings. The molecule has 0 aromatic heterocycles. The van der Waals surface area contributed by atoms with E-state index in [1.54, 1.807) is 7.11 Å². The molecule has 0 aromatic rings. The van der Waals surface area contributed by atoms with Gasteiger partial charge in [0.05, 0.1) is 19.8 Å². The molecule has 0 aromatic carbocycles. The lowest BCUT2D eigenvalue weighted by atomic mass is 9.82. The summed E-state index contributed by atoms with van der Waals surface area (Å²) in [7, 11) is 1.73. The van der Waals surface area contributed by atoms with Crippen molar-refractivity contribution in [2.75, 3.05) is 46.6 Å². The maximum atomic E-state index is 9.66. The van der Waals surface area contributed by atoms with Crippen LogP contribution in [0.4, 0.5) is 0 Å². The standard InChI is InChI=1S/C13H27NO3/c1-4-14(12(2)8-16-3)9-13(10-15)6-5-7-17-11-13/h12,15H,4-11H2,1-3H3. The lowest BCUT2D eigenvalue weighted by Gasteiger charge is -2.41. The normalized spacial score (nSPS) is 27.4. The molecule has 0 aliphatic carbocycles. The predicted octanol–water partition coefficient (Wildman–Crippen LogP) is 1.13. The van der Waals surface area contributed by atoms with Gasteiger partial charge in [-0.1, -0.05) is 6.92 Å². The third-order valence-electron chi connectivity index (χ3n) is 3.72. The summed E-state index contributed by atoms with van der Waals surface area (Å²) in [5.74, 6) is 0. The van der Waals surface area contributed by atoms with Crippen molar-refractivity contribution < 1.29 is 14.6 Å². The van der Waals surface area contributed by atoms with Crippen LogP contribution in [0.2, 0.25) is 0 Å². The summed E-state index contributed by atoms with van der Waals surface area (Å²) in [4.78, 5) is 2.37. The van der Waals surface area contributed by atoms with Crippen molar-refractivity contribution in [3.05, 3.63) is 0 Å². The highest BCUT2D eigenvalue weighted by Gasteiger charge is 2.34. The molecule has 1 aliphatic rings. The van der Waals surface area contributed by atoms with Gasteiger partial charge in [0.15, 0.2) is 0 Å². The molecule has 1 heterocycles. The van der Waals surface area contributed by atoms with Crippen molar-refractivity contribution >= 4 is 0 Å². The van der Waals surface area contributed by atoms with Crippen molar-refractivity contribution in [1.29, 1.82) is 0 Å². The predicted molar refractivity (Wildman–Crippen MR) is 68.2 cm³/mol. The number of aliphatic hydroxyl groups excluding tert-OH is 1. The van der Waals surface area contributed by atoms with Crippen LogP contribution in [0.1, 0.15) is 26.7 Å². The summed E-state index contributed by atoms with van der Waals surface area (Å²) in [6.45, 7) is 8.65. The van der Waals surface area contributed by atoms with E-state index in [0.29, 0.717) is 12.6 Å². The first-order valence-electron chi connectivity index (χ1n) is 6.59. The second-order valence-electron chi connectivity index (χ2n) is 5.18. The van der Waals surface area contributed by atoms with Gasteiger partial charge >= 0.3 is 0 Å². The van der Waals surface area contributed by atoms with E-state index < -0.39 is 0 Å². The van der Waals surface area contributed by atoms with Crippen LogP contribution in [-0.4, -0.2) is 62.7 Å². The fourth-order valence-corrected chi connectivity index (χ4v) is 2.57. The Labute approximate surface area is 105 Å². The first-order chi connectivity index (χ1) is 8.17. The molecule has 2 unspecified atom stereocenters. The number of ether oxygens (including phenoxy) is 2. The van der Waals surface area contributed by atoms with Crippen molar-refractivity contribution in [2.24, 2.45) is 5.41 Å². The number of nitrogens with zero attached hydrogens (tertiary/aromatic N) is 1. The Morgan fingerprint density at radius 3 is 2.76 bits per heavy atom. The van der Waals surface area contributed by atoms with Gasteiger partial charge in [0.25, 0.3) is 0 Å². The maximum absolute atomic E-state index is 9.66. The topological polar surface area (TPSA) is 41.9 Å². The molecular weight excluding hydrogens is 218 g/mol. The Hall–Kier alpha value is -0.160. The van der Waals surface area contributed by atoms with Gasteiger partial charge in [0.2, 0.25) is 0 Å². The Kier molecular flexibility index (Phi) is 6.41. The average molecular weight is 245 g/mol. The largest absolute Gasteiger partial charge is 0.396 e. The van der Waals surface area contributed by atoms with Gasteiger partial charge in [-0.05, 0) is 26.3 Å². The van der Waals surface area contributed by atoms with Crippen molar-refractivity contribution in [3.63, 3.8) is 0 Å². The number of methoxy groups -OCH3 is 1. The molecule has 0 bridgehead atoms. The zero-order chi connectivity index (χ0) is 12.7. The third kappa shape index (κ3) is 4.21. The van der Waals surface area contributed by atoms with E-state index >= 15 is 0 Å². The molecule has 17 heavy (non-hydrogen) atoms. The van der Waals surface area contributed by atoms with Crippen LogP contribution in [0.15, 0.2) is 0 Å². The summed E-state index contributed by atoms with van der Waals surface area (Å²) in [5.41, 5.74) is -0.0732. The van der Waals surface area contributed by atoms with Crippen molar-refractivity contribution in [2.45, 2.75) is 32.7 Å². The molecule has 4 heteroatoms. The molecule has 0 saturated carbocycles. The van der Waals surface area contributed by atoms with Gasteiger partial charge in [0, 0.05) is 31.7 Å². The summed E-state index contributed by atoms with van der Waals surface area (Å²) in [6, 6.07) is 0.385. The van der Waals surface area contributed by atoms with Crippen LogP contribution in [-0.2, 0) is 9.47 Å². The van der Waals surface area contributed by atoms with E-state index in [4.69, 9.17) is 9.47 Å². The molecule has 0 amide bonds. The molecule has 0 spiro atoms. The van der Waals surface area contributed by atoms with Crippen molar-refractivity contribution in [3.8, 4) is 0 Å². The Morgan fingerprint density at radius 2 is 2.29 bits per heavy atom.